The molecule has 3 heteroatoms. The summed E-state index contributed by atoms with van der Waals surface area (Å²) in [4.78, 5) is 11.3. The van der Waals surface area contributed by atoms with Crippen molar-refractivity contribution in [3.63, 3.8) is 0 Å². The van der Waals surface area contributed by atoms with Gasteiger partial charge in [-0.2, -0.15) is 0 Å². The van der Waals surface area contributed by atoms with Crippen LogP contribution < -0.4 is 0 Å². The van der Waals surface area contributed by atoms with E-state index in [1.165, 1.54) is 0 Å². The van der Waals surface area contributed by atoms with E-state index >= 15 is 0 Å². The lowest BCUT2D eigenvalue weighted by atomic mass is 9.94. The maximum absolute atomic E-state index is 11.3. The minimum atomic E-state index is -0.620. The maximum Gasteiger partial charge on any atom is 0.141 e. The standard InChI is InChI=1S/C10H19NO2/c1-7(2)8(12)6-9(11)10(3,4)13-5/h7,11H,6H2,1-5H3. The van der Waals surface area contributed by atoms with Crippen molar-refractivity contribution in [3.05, 3.63) is 0 Å². The van der Waals surface area contributed by atoms with E-state index in [2.05, 4.69) is 0 Å². The molecule has 0 radical (unpaired) electrons. The Morgan fingerprint density at radius 2 is 1.92 bits per heavy atom. The highest BCUT2D eigenvalue weighted by molar-refractivity contribution is 6.04. The first-order chi connectivity index (χ1) is 5.81. The number of methoxy groups -OCH3 is 1. The summed E-state index contributed by atoms with van der Waals surface area (Å²) in [6.45, 7) is 7.27. The first kappa shape index (κ1) is 12.3. The van der Waals surface area contributed by atoms with Crippen LogP contribution in [0.4, 0.5) is 0 Å². The van der Waals surface area contributed by atoms with Gasteiger partial charge in [-0.3, -0.25) is 4.79 Å². The van der Waals surface area contributed by atoms with E-state index in [0.717, 1.165) is 0 Å². The molecule has 0 fully saturated rings. The third-order valence-corrected chi connectivity index (χ3v) is 2.23. The average Bonchev–Trinajstić information content (AvgIpc) is 2.04. The van der Waals surface area contributed by atoms with Gasteiger partial charge in [-0.05, 0) is 13.8 Å². The number of rotatable bonds is 5. The lowest BCUT2D eigenvalue weighted by Crippen LogP contribution is -2.35. The van der Waals surface area contributed by atoms with Crippen LogP contribution in [-0.4, -0.2) is 24.2 Å². The topological polar surface area (TPSA) is 50.1 Å². The van der Waals surface area contributed by atoms with Gasteiger partial charge in [0.1, 0.15) is 5.78 Å². The number of Topliss-reactive ketones (excluding diaryl/α,β-unsaturated/α-hetero) is 1. The Kier molecular flexibility index (Phi) is 4.27. The Labute approximate surface area is 80.0 Å². The van der Waals surface area contributed by atoms with E-state index in [1.807, 2.05) is 13.8 Å². The van der Waals surface area contributed by atoms with Gasteiger partial charge in [0.05, 0.1) is 5.60 Å². The van der Waals surface area contributed by atoms with Crippen molar-refractivity contribution in [2.24, 2.45) is 5.92 Å². The quantitative estimate of drug-likeness (QED) is 0.666. The van der Waals surface area contributed by atoms with Crippen LogP contribution in [0, 0.1) is 11.3 Å². The highest BCUT2D eigenvalue weighted by Crippen LogP contribution is 2.13. The Hall–Kier alpha value is -0.700. The second-order valence-corrected chi connectivity index (χ2v) is 3.99. The third kappa shape index (κ3) is 3.68. The zero-order valence-electron chi connectivity index (χ0n) is 9.10. The molecule has 0 saturated carbocycles. The van der Waals surface area contributed by atoms with Gasteiger partial charge in [-0.1, -0.05) is 13.8 Å². The summed E-state index contributed by atoms with van der Waals surface area (Å²) < 4.78 is 5.10. The highest BCUT2D eigenvalue weighted by Gasteiger charge is 2.25. The van der Waals surface area contributed by atoms with E-state index in [4.69, 9.17) is 10.1 Å². The Balaban J connectivity index is 4.24. The molecule has 0 rings (SSSR count). The van der Waals surface area contributed by atoms with Gasteiger partial charge in [0.15, 0.2) is 0 Å². The van der Waals surface area contributed by atoms with Crippen molar-refractivity contribution in [1.29, 1.82) is 5.41 Å². The molecule has 0 atom stereocenters. The lowest BCUT2D eigenvalue weighted by Gasteiger charge is -2.23. The Morgan fingerprint density at radius 1 is 1.46 bits per heavy atom. The summed E-state index contributed by atoms with van der Waals surface area (Å²) >= 11 is 0. The van der Waals surface area contributed by atoms with E-state index in [1.54, 1.807) is 21.0 Å². The van der Waals surface area contributed by atoms with Crippen LogP contribution in [0.3, 0.4) is 0 Å². The molecule has 0 saturated heterocycles. The summed E-state index contributed by atoms with van der Waals surface area (Å²) in [6, 6.07) is 0. The molecule has 3 nitrogen and oxygen atoms in total. The van der Waals surface area contributed by atoms with Gasteiger partial charge in [-0.25, -0.2) is 0 Å². The molecule has 1 N–H and O–H groups in total. The van der Waals surface area contributed by atoms with Crippen LogP contribution in [0.25, 0.3) is 0 Å². The zero-order valence-corrected chi connectivity index (χ0v) is 9.10. The van der Waals surface area contributed by atoms with Gasteiger partial charge in [0.2, 0.25) is 0 Å². The second kappa shape index (κ2) is 4.51. The molecule has 0 aromatic rings. The summed E-state index contributed by atoms with van der Waals surface area (Å²) in [5.41, 5.74) is -0.279. The van der Waals surface area contributed by atoms with E-state index in [9.17, 15) is 4.79 Å². The average molecular weight is 185 g/mol. The fraction of sp³-hybridized carbons (Fsp3) is 0.800. The van der Waals surface area contributed by atoms with Gasteiger partial charge in [-0.15, -0.1) is 0 Å². The van der Waals surface area contributed by atoms with Crippen molar-refractivity contribution in [1.82, 2.24) is 0 Å². The molecule has 76 valence electrons. The van der Waals surface area contributed by atoms with Gasteiger partial charge in [0, 0.05) is 25.2 Å². The number of carbonyl (C=O) groups excluding carboxylic acids is 1. The Morgan fingerprint density at radius 3 is 2.23 bits per heavy atom. The fourth-order valence-corrected chi connectivity index (χ4v) is 0.714. The molecule has 0 aliphatic heterocycles. The smallest absolute Gasteiger partial charge is 0.141 e. The van der Waals surface area contributed by atoms with Gasteiger partial charge in [0.25, 0.3) is 0 Å². The largest absolute Gasteiger partial charge is 0.373 e. The molecule has 0 heterocycles. The lowest BCUT2D eigenvalue weighted by molar-refractivity contribution is -0.120. The third-order valence-electron chi connectivity index (χ3n) is 2.23. The van der Waals surface area contributed by atoms with Gasteiger partial charge >= 0.3 is 0 Å². The molecular formula is C10H19NO2. The van der Waals surface area contributed by atoms with Crippen molar-refractivity contribution < 1.29 is 9.53 Å². The maximum atomic E-state index is 11.3. The van der Waals surface area contributed by atoms with Crippen molar-refractivity contribution in [2.75, 3.05) is 7.11 Å². The minimum Gasteiger partial charge on any atom is -0.373 e. The van der Waals surface area contributed by atoms with Crippen molar-refractivity contribution >= 4 is 11.5 Å². The van der Waals surface area contributed by atoms with E-state index < -0.39 is 5.60 Å². The predicted molar refractivity (Wildman–Crippen MR) is 53.3 cm³/mol. The molecular weight excluding hydrogens is 166 g/mol. The molecule has 0 spiro atoms. The van der Waals surface area contributed by atoms with Crippen LogP contribution in [0.2, 0.25) is 0 Å². The van der Waals surface area contributed by atoms with Crippen molar-refractivity contribution in [3.8, 4) is 0 Å². The number of carbonyl (C=O) groups is 1. The SMILES string of the molecule is COC(C)(C)C(=N)CC(=O)C(C)C. The highest BCUT2D eigenvalue weighted by atomic mass is 16.5. The zero-order chi connectivity index (χ0) is 10.6. The molecule has 0 aromatic heterocycles. The molecule has 0 amide bonds. The predicted octanol–water partition coefficient (Wildman–Crippen LogP) is 2.05. The monoisotopic (exact) mass is 185 g/mol. The number of ether oxygens (including phenoxy) is 1. The first-order valence-electron chi connectivity index (χ1n) is 4.47. The molecule has 0 aromatic carbocycles. The summed E-state index contributed by atoms with van der Waals surface area (Å²) in [6.07, 6.45) is 0.193. The molecule has 13 heavy (non-hydrogen) atoms. The normalized spacial score (nSPS) is 11.8. The van der Waals surface area contributed by atoms with Crippen LogP contribution in [-0.2, 0) is 9.53 Å². The summed E-state index contributed by atoms with van der Waals surface area (Å²) in [7, 11) is 1.55. The van der Waals surface area contributed by atoms with Crippen molar-refractivity contribution in [2.45, 2.75) is 39.7 Å². The number of hydrogen-bond acceptors (Lipinski definition) is 3. The summed E-state index contributed by atoms with van der Waals surface area (Å²) in [5, 5.41) is 7.67. The molecule has 0 bridgehead atoms. The van der Waals surface area contributed by atoms with Gasteiger partial charge < -0.3 is 10.1 Å². The second-order valence-electron chi connectivity index (χ2n) is 3.99. The van der Waals surface area contributed by atoms with E-state index in [0.29, 0.717) is 5.71 Å². The first-order valence-corrected chi connectivity index (χ1v) is 4.47. The van der Waals surface area contributed by atoms with Crippen LogP contribution in [0.1, 0.15) is 34.1 Å². The van der Waals surface area contributed by atoms with Crippen LogP contribution in [0.15, 0.2) is 0 Å². The fourth-order valence-electron chi connectivity index (χ4n) is 0.714. The molecule has 0 aliphatic carbocycles. The number of hydrogen-bond donors (Lipinski definition) is 1. The minimum absolute atomic E-state index is 0.00648. The Bertz CT molecular complexity index is 207. The number of ketones is 1. The number of nitrogens with one attached hydrogen (secondary N) is 1. The molecule has 0 unspecified atom stereocenters. The van der Waals surface area contributed by atoms with E-state index in [-0.39, 0.29) is 18.1 Å². The molecule has 0 aliphatic rings. The van der Waals surface area contributed by atoms with Crippen LogP contribution >= 0.6 is 0 Å². The summed E-state index contributed by atoms with van der Waals surface area (Å²) in [5.74, 6) is 0.0862. The van der Waals surface area contributed by atoms with Crippen LogP contribution in [0.5, 0.6) is 0 Å².